The van der Waals surface area contributed by atoms with Crippen LogP contribution in [0.15, 0.2) is 108 Å². The number of allylic oxidation sites excluding steroid dienone is 1. The SMILES string of the molecule is CCCCC/C=C/[C@H](Sc1ccccc1)[C@@H]1[C@H](CCCCC(=O)OCC)[C@H](O)C[C@H]1O[Si](c1ccccc1)(c1ccccc1)C(C)(C)C. The molecule has 260 valence electrons. The van der Waals surface area contributed by atoms with Gasteiger partial charge in [0, 0.05) is 22.5 Å². The first-order valence-electron chi connectivity index (χ1n) is 18.2. The third-order valence-electron chi connectivity index (χ3n) is 9.81. The van der Waals surface area contributed by atoms with Crippen molar-refractivity contribution in [3.05, 3.63) is 103 Å². The van der Waals surface area contributed by atoms with Crippen LogP contribution in [-0.4, -0.2) is 43.5 Å². The molecule has 0 bridgehead atoms. The van der Waals surface area contributed by atoms with Crippen LogP contribution in [0.2, 0.25) is 5.04 Å². The highest BCUT2D eigenvalue weighted by molar-refractivity contribution is 8.00. The number of carbonyl (C=O) groups excluding carboxylic acids is 1. The van der Waals surface area contributed by atoms with Crippen LogP contribution >= 0.6 is 11.8 Å². The van der Waals surface area contributed by atoms with Gasteiger partial charge in [-0.1, -0.05) is 138 Å². The Morgan fingerprint density at radius 1 is 0.896 bits per heavy atom. The van der Waals surface area contributed by atoms with E-state index in [9.17, 15) is 9.90 Å². The summed E-state index contributed by atoms with van der Waals surface area (Å²) in [6, 6.07) is 32.4. The van der Waals surface area contributed by atoms with Crippen LogP contribution in [-0.2, 0) is 14.0 Å². The number of aliphatic hydroxyl groups excluding tert-OH is 1. The van der Waals surface area contributed by atoms with Crippen LogP contribution in [0.25, 0.3) is 0 Å². The summed E-state index contributed by atoms with van der Waals surface area (Å²) in [4.78, 5) is 13.4. The molecule has 1 fully saturated rings. The van der Waals surface area contributed by atoms with Crippen LogP contribution in [0.1, 0.15) is 92.4 Å². The molecule has 4 nitrogen and oxygen atoms in total. The van der Waals surface area contributed by atoms with Gasteiger partial charge in [0.15, 0.2) is 0 Å². The summed E-state index contributed by atoms with van der Waals surface area (Å²) in [7, 11) is -2.87. The topological polar surface area (TPSA) is 55.8 Å². The molecule has 3 aromatic rings. The van der Waals surface area contributed by atoms with Gasteiger partial charge in [0.05, 0.1) is 18.8 Å². The van der Waals surface area contributed by atoms with Crippen LogP contribution in [0.4, 0.5) is 0 Å². The lowest BCUT2D eigenvalue weighted by Crippen LogP contribution is -2.68. The molecule has 1 aliphatic rings. The number of esters is 1. The van der Waals surface area contributed by atoms with E-state index in [1.807, 2.05) is 18.7 Å². The van der Waals surface area contributed by atoms with Gasteiger partial charge < -0.3 is 14.3 Å². The van der Waals surface area contributed by atoms with E-state index in [0.717, 1.165) is 25.7 Å². The summed E-state index contributed by atoms with van der Waals surface area (Å²) in [5.41, 5.74) is 0. The molecule has 0 heterocycles. The Kier molecular flexibility index (Phi) is 15.1. The lowest BCUT2D eigenvalue weighted by atomic mass is 9.86. The van der Waals surface area contributed by atoms with E-state index in [0.29, 0.717) is 19.4 Å². The summed E-state index contributed by atoms with van der Waals surface area (Å²) in [5, 5.41) is 14.4. The van der Waals surface area contributed by atoms with Crippen molar-refractivity contribution in [1.82, 2.24) is 0 Å². The van der Waals surface area contributed by atoms with E-state index < -0.39 is 14.4 Å². The zero-order chi connectivity index (χ0) is 34.4. The maximum absolute atomic E-state index is 12.1. The zero-order valence-electron chi connectivity index (χ0n) is 29.9. The summed E-state index contributed by atoms with van der Waals surface area (Å²) in [6.45, 7) is 11.5. The molecule has 0 saturated heterocycles. The average Bonchev–Trinajstić information content (AvgIpc) is 3.39. The molecule has 5 atom stereocenters. The van der Waals surface area contributed by atoms with Crippen molar-refractivity contribution < 1.29 is 19.1 Å². The van der Waals surface area contributed by atoms with Crippen LogP contribution in [0.3, 0.4) is 0 Å². The Hall–Kier alpha value is -2.64. The Morgan fingerprint density at radius 2 is 1.50 bits per heavy atom. The van der Waals surface area contributed by atoms with E-state index >= 15 is 0 Å². The summed E-state index contributed by atoms with van der Waals surface area (Å²) in [6.07, 6.45) is 12.3. The third kappa shape index (κ3) is 9.96. The number of ether oxygens (including phenoxy) is 1. The van der Waals surface area contributed by atoms with Crippen molar-refractivity contribution in [3.8, 4) is 0 Å². The molecule has 0 unspecified atom stereocenters. The predicted molar refractivity (Wildman–Crippen MR) is 205 cm³/mol. The van der Waals surface area contributed by atoms with Crippen LogP contribution in [0.5, 0.6) is 0 Å². The number of unbranched alkanes of at least 4 members (excludes halogenated alkanes) is 4. The van der Waals surface area contributed by atoms with Gasteiger partial charge in [-0.15, -0.1) is 11.8 Å². The maximum atomic E-state index is 12.1. The predicted octanol–water partition coefficient (Wildman–Crippen LogP) is 9.35. The molecule has 1 N–H and O–H groups in total. The van der Waals surface area contributed by atoms with Gasteiger partial charge in [-0.25, -0.2) is 0 Å². The molecule has 48 heavy (non-hydrogen) atoms. The molecule has 0 amide bonds. The Balaban J connectivity index is 1.78. The summed E-state index contributed by atoms with van der Waals surface area (Å²) in [5.74, 6) is 0.00947. The number of aliphatic hydroxyl groups is 1. The molecule has 6 heteroatoms. The maximum Gasteiger partial charge on any atom is 0.305 e. The second-order valence-electron chi connectivity index (χ2n) is 14.2. The Labute approximate surface area is 295 Å². The van der Waals surface area contributed by atoms with Gasteiger partial charge >= 0.3 is 5.97 Å². The highest BCUT2D eigenvalue weighted by Gasteiger charge is 2.55. The van der Waals surface area contributed by atoms with Gasteiger partial charge in [0.1, 0.15) is 0 Å². The second-order valence-corrected chi connectivity index (χ2v) is 19.7. The van der Waals surface area contributed by atoms with E-state index in [1.165, 1.54) is 34.5 Å². The van der Waals surface area contributed by atoms with Crippen molar-refractivity contribution in [2.45, 2.75) is 120 Å². The van der Waals surface area contributed by atoms with Crippen molar-refractivity contribution >= 4 is 36.4 Å². The lowest BCUT2D eigenvalue weighted by molar-refractivity contribution is -0.143. The third-order valence-corrected chi connectivity index (χ3v) is 16.2. The van der Waals surface area contributed by atoms with Crippen molar-refractivity contribution in [2.75, 3.05) is 6.61 Å². The molecule has 0 aromatic heterocycles. The summed E-state index contributed by atoms with van der Waals surface area (Å²) >= 11 is 1.90. The highest BCUT2D eigenvalue weighted by Crippen LogP contribution is 2.48. The van der Waals surface area contributed by atoms with Crippen LogP contribution < -0.4 is 10.4 Å². The normalized spacial score (nSPS) is 20.6. The number of hydrogen-bond donors (Lipinski definition) is 1. The minimum atomic E-state index is -2.87. The number of carbonyl (C=O) groups is 1. The van der Waals surface area contributed by atoms with E-state index in [1.54, 1.807) is 0 Å². The molecule has 0 spiro atoms. The first-order chi connectivity index (χ1) is 23.2. The monoisotopic (exact) mass is 686 g/mol. The molecule has 3 aromatic carbocycles. The standard InChI is InChI=1S/C42H58O4SSi/c1-6-8-9-10-20-30-39(47-33-23-14-11-15-24-33)41-36(29-21-22-31-40(44)45-7-2)37(43)32-38(41)46-48(42(3,4)5,34-25-16-12-17-26-34)35-27-18-13-19-28-35/h11-20,23-28,30,36-39,41,43H,6-10,21-22,29,31-32H2,1-5H3/b30-20+/t36-,37-,38-,39+,41-/m1/s1. The first kappa shape index (κ1) is 38.2. The molecule has 0 radical (unpaired) electrons. The molecule has 0 aliphatic heterocycles. The molecule has 1 saturated carbocycles. The van der Waals surface area contributed by atoms with E-state index in [-0.39, 0.29) is 34.2 Å². The minimum absolute atomic E-state index is 0.0527. The highest BCUT2D eigenvalue weighted by atomic mass is 32.2. The van der Waals surface area contributed by atoms with Crippen molar-refractivity contribution in [3.63, 3.8) is 0 Å². The Morgan fingerprint density at radius 3 is 2.06 bits per heavy atom. The largest absolute Gasteiger partial charge is 0.466 e. The fourth-order valence-electron chi connectivity index (χ4n) is 7.51. The fraction of sp³-hybridized carbons (Fsp3) is 0.500. The van der Waals surface area contributed by atoms with Gasteiger partial charge in [-0.2, -0.15) is 0 Å². The molecular formula is C42H58O4SSi. The van der Waals surface area contributed by atoms with Gasteiger partial charge in [-0.3, -0.25) is 4.79 Å². The van der Waals surface area contributed by atoms with Gasteiger partial charge in [0.25, 0.3) is 8.32 Å². The zero-order valence-corrected chi connectivity index (χ0v) is 31.7. The summed E-state index contributed by atoms with van der Waals surface area (Å²) < 4.78 is 13.1. The van der Waals surface area contributed by atoms with Crippen molar-refractivity contribution in [2.24, 2.45) is 11.8 Å². The van der Waals surface area contributed by atoms with Crippen molar-refractivity contribution in [1.29, 1.82) is 0 Å². The Bertz CT molecular complexity index is 1340. The number of rotatable bonds is 18. The fourth-order valence-corrected chi connectivity index (χ4v) is 13.6. The molecular weight excluding hydrogens is 629 g/mol. The molecule has 4 rings (SSSR count). The number of hydrogen-bond acceptors (Lipinski definition) is 5. The average molecular weight is 687 g/mol. The quantitative estimate of drug-likeness (QED) is 0.0475. The van der Waals surface area contributed by atoms with Gasteiger partial charge in [-0.05, 0) is 72.5 Å². The number of thioether (sulfide) groups is 1. The van der Waals surface area contributed by atoms with E-state index in [4.69, 9.17) is 9.16 Å². The van der Waals surface area contributed by atoms with E-state index in [2.05, 4.69) is 131 Å². The van der Waals surface area contributed by atoms with Gasteiger partial charge in [0.2, 0.25) is 0 Å². The lowest BCUT2D eigenvalue weighted by Gasteiger charge is -2.46. The first-order valence-corrected chi connectivity index (χ1v) is 21.0. The number of benzene rings is 3. The van der Waals surface area contributed by atoms with Crippen LogP contribution in [0, 0.1) is 11.8 Å². The second kappa shape index (κ2) is 18.9. The minimum Gasteiger partial charge on any atom is -0.466 e. The smallest absolute Gasteiger partial charge is 0.305 e. The molecule has 1 aliphatic carbocycles.